The normalized spacial score (nSPS) is 12.2. The van der Waals surface area contributed by atoms with Crippen LogP contribution in [0.15, 0.2) is 88.7 Å². The van der Waals surface area contributed by atoms with Crippen LogP contribution in [-0.4, -0.2) is 19.6 Å². The number of carbonyl (C=O) groups is 1. The Bertz CT molecular complexity index is 1070. The molecule has 7 heteroatoms. The molecule has 1 unspecified atom stereocenters. The van der Waals surface area contributed by atoms with Crippen molar-refractivity contribution >= 4 is 39.1 Å². The van der Waals surface area contributed by atoms with Crippen LogP contribution in [0, 0.1) is 6.92 Å². The number of sulfonamides is 1. The van der Waals surface area contributed by atoms with Crippen molar-refractivity contribution in [3.8, 4) is 0 Å². The first kappa shape index (κ1) is 21.0. The van der Waals surface area contributed by atoms with Crippen molar-refractivity contribution in [1.29, 1.82) is 0 Å². The van der Waals surface area contributed by atoms with Crippen molar-refractivity contribution in [2.45, 2.75) is 28.9 Å². The van der Waals surface area contributed by atoms with E-state index in [2.05, 4.69) is 10.0 Å². The average Bonchev–Trinajstić information content (AvgIpc) is 2.70. The van der Waals surface area contributed by atoms with E-state index in [1.165, 1.54) is 11.8 Å². The zero-order chi connectivity index (χ0) is 20.9. The van der Waals surface area contributed by atoms with Crippen molar-refractivity contribution in [3.05, 3.63) is 84.4 Å². The van der Waals surface area contributed by atoms with Gasteiger partial charge in [0.05, 0.1) is 10.1 Å². The fraction of sp³-hybridized carbons (Fsp3) is 0.136. The lowest BCUT2D eigenvalue weighted by Gasteiger charge is -2.13. The summed E-state index contributed by atoms with van der Waals surface area (Å²) in [6, 6.07) is 22.9. The van der Waals surface area contributed by atoms with Crippen LogP contribution < -0.4 is 10.0 Å². The maximum Gasteiger partial charge on any atom is 0.261 e. The molecule has 1 atom stereocenters. The van der Waals surface area contributed by atoms with Crippen molar-refractivity contribution in [2.75, 3.05) is 10.0 Å². The van der Waals surface area contributed by atoms with Gasteiger partial charge >= 0.3 is 0 Å². The van der Waals surface area contributed by atoms with Gasteiger partial charge in [-0.2, -0.15) is 0 Å². The van der Waals surface area contributed by atoms with Gasteiger partial charge in [-0.05, 0) is 62.4 Å². The van der Waals surface area contributed by atoms with E-state index in [1.54, 1.807) is 48.5 Å². The highest BCUT2D eigenvalue weighted by molar-refractivity contribution is 8.00. The summed E-state index contributed by atoms with van der Waals surface area (Å²) in [6.07, 6.45) is 0. The Kier molecular flexibility index (Phi) is 6.61. The molecule has 0 aliphatic rings. The Morgan fingerprint density at radius 3 is 2.10 bits per heavy atom. The summed E-state index contributed by atoms with van der Waals surface area (Å²) in [5.74, 6) is -0.0923. The maximum atomic E-state index is 12.5. The molecule has 0 saturated heterocycles. The lowest BCUT2D eigenvalue weighted by Crippen LogP contribution is -2.22. The summed E-state index contributed by atoms with van der Waals surface area (Å²) in [6.45, 7) is 3.73. The number of nitrogens with one attached hydrogen (secondary N) is 2. The van der Waals surface area contributed by atoms with Crippen molar-refractivity contribution in [2.24, 2.45) is 0 Å². The van der Waals surface area contributed by atoms with Crippen LogP contribution in [0.4, 0.5) is 11.4 Å². The highest BCUT2D eigenvalue weighted by atomic mass is 32.2. The standard InChI is InChI=1S/C22H22N2O3S2/c1-16-8-14-21(15-9-16)29(26,27)24-19-10-12-20(13-11-19)28-17(2)22(25)23-18-6-4-3-5-7-18/h3-15,17,24H,1-2H3,(H,23,25). The minimum absolute atomic E-state index is 0.0923. The maximum absolute atomic E-state index is 12.5. The Balaban J connectivity index is 1.61. The third kappa shape index (κ3) is 5.85. The first-order valence-corrected chi connectivity index (χ1v) is 11.4. The van der Waals surface area contributed by atoms with E-state index < -0.39 is 10.0 Å². The number of para-hydroxylation sites is 1. The lowest BCUT2D eigenvalue weighted by atomic mass is 10.2. The molecule has 3 rings (SSSR count). The second kappa shape index (κ2) is 9.15. The second-order valence-corrected chi connectivity index (χ2v) is 9.65. The van der Waals surface area contributed by atoms with Gasteiger partial charge in [-0.15, -0.1) is 11.8 Å². The summed E-state index contributed by atoms with van der Waals surface area (Å²) < 4.78 is 27.5. The molecule has 3 aromatic carbocycles. The fourth-order valence-corrected chi connectivity index (χ4v) is 4.48. The smallest absolute Gasteiger partial charge is 0.261 e. The number of thioether (sulfide) groups is 1. The quantitative estimate of drug-likeness (QED) is 0.526. The average molecular weight is 427 g/mol. The SMILES string of the molecule is Cc1ccc(S(=O)(=O)Nc2ccc(SC(C)C(=O)Nc3ccccc3)cc2)cc1. The van der Waals surface area contributed by atoms with Crippen LogP contribution in [0.3, 0.4) is 0 Å². The molecule has 0 aliphatic carbocycles. The molecule has 2 N–H and O–H groups in total. The first-order valence-electron chi connectivity index (χ1n) is 9.05. The summed E-state index contributed by atoms with van der Waals surface area (Å²) in [5, 5.41) is 2.57. The molecule has 0 spiro atoms. The number of aryl methyl sites for hydroxylation is 1. The van der Waals surface area contributed by atoms with E-state index in [4.69, 9.17) is 0 Å². The highest BCUT2D eigenvalue weighted by Gasteiger charge is 2.16. The topological polar surface area (TPSA) is 75.3 Å². The van der Waals surface area contributed by atoms with Crippen molar-refractivity contribution < 1.29 is 13.2 Å². The molecule has 5 nitrogen and oxygen atoms in total. The predicted molar refractivity (Wildman–Crippen MR) is 119 cm³/mol. The lowest BCUT2D eigenvalue weighted by molar-refractivity contribution is -0.115. The summed E-state index contributed by atoms with van der Waals surface area (Å²) in [7, 11) is -3.63. The number of amides is 1. The highest BCUT2D eigenvalue weighted by Crippen LogP contribution is 2.26. The zero-order valence-electron chi connectivity index (χ0n) is 16.1. The molecule has 29 heavy (non-hydrogen) atoms. The number of hydrogen-bond donors (Lipinski definition) is 2. The van der Waals surface area contributed by atoms with E-state index in [9.17, 15) is 13.2 Å². The molecular formula is C22H22N2O3S2. The summed E-state index contributed by atoms with van der Waals surface area (Å²) in [5.41, 5.74) is 2.22. The molecule has 0 aromatic heterocycles. The third-order valence-electron chi connectivity index (χ3n) is 4.16. The van der Waals surface area contributed by atoms with Crippen LogP contribution >= 0.6 is 11.8 Å². The summed E-state index contributed by atoms with van der Waals surface area (Å²) >= 11 is 1.41. The fourth-order valence-electron chi connectivity index (χ4n) is 2.56. The Morgan fingerprint density at radius 2 is 1.48 bits per heavy atom. The molecule has 0 aliphatic heterocycles. The van der Waals surface area contributed by atoms with E-state index in [0.29, 0.717) is 5.69 Å². The molecule has 1 amide bonds. The van der Waals surface area contributed by atoms with E-state index >= 15 is 0 Å². The van der Waals surface area contributed by atoms with Crippen LogP contribution in [0.1, 0.15) is 12.5 Å². The van der Waals surface area contributed by atoms with Gasteiger partial charge in [-0.1, -0.05) is 35.9 Å². The zero-order valence-corrected chi connectivity index (χ0v) is 17.8. The number of benzene rings is 3. The van der Waals surface area contributed by atoms with Gasteiger partial charge in [0, 0.05) is 16.3 Å². The van der Waals surface area contributed by atoms with E-state index in [-0.39, 0.29) is 16.1 Å². The van der Waals surface area contributed by atoms with Crippen molar-refractivity contribution in [1.82, 2.24) is 0 Å². The van der Waals surface area contributed by atoms with Crippen LogP contribution in [0.5, 0.6) is 0 Å². The number of hydrogen-bond acceptors (Lipinski definition) is 4. The van der Waals surface area contributed by atoms with Gasteiger partial charge in [0.2, 0.25) is 5.91 Å². The molecule has 3 aromatic rings. The molecule has 150 valence electrons. The van der Waals surface area contributed by atoms with Gasteiger partial charge in [0.1, 0.15) is 0 Å². The molecule has 0 bridgehead atoms. The predicted octanol–water partition coefficient (Wildman–Crippen LogP) is 4.92. The molecule has 0 saturated carbocycles. The minimum atomic E-state index is -3.63. The van der Waals surface area contributed by atoms with Gasteiger partial charge in [-0.3, -0.25) is 9.52 Å². The van der Waals surface area contributed by atoms with Gasteiger partial charge in [0.15, 0.2) is 0 Å². The van der Waals surface area contributed by atoms with Crippen LogP contribution in [0.2, 0.25) is 0 Å². The minimum Gasteiger partial charge on any atom is -0.325 e. The molecule has 0 radical (unpaired) electrons. The molecule has 0 heterocycles. The first-order chi connectivity index (χ1) is 13.8. The molecule has 0 fully saturated rings. The number of rotatable bonds is 7. The van der Waals surface area contributed by atoms with Crippen LogP contribution in [0.25, 0.3) is 0 Å². The molecular weight excluding hydrogens is 404 g/mol. The van der Waals surface area contributed by atoms with Gasteiger partial charge < -0.3 is 5.32 Å². The summed E-state index contributed by atoms with van der Waals surface area (Å²) in [4.78, 5) is 13.4. The number of carbonyl (C=O) groups excluding carboxylic acids is 1. The third-order valence-corrected chi connectivity index (χ3v) is 6.67. The van der Waals surface area contributed by atoms with Gasteiger partial charge in [0.25, 0.3) is 10.0 Å². The Hall–Kier alpha value is -2.77. The Morgan fingerprint density at radius 1 is 0.862 bits per heavy atom. The second-order valence-electron chi connectivity index (χ2n) is 6.56. The Labute approximate surface area is 175 Å². The number of anilines is 2. The van der Waals surface area contributed by atoms with E-state index in [0.717, 1.165) is 16.1 Å². The van der Waals surface area contributed by atoms with Gasteiger partial charge in [-0.25, -0.2) is 8.42 Å². The van der Waals surface area contributed by atoms with Crippen molar-refractivity contribution in [3.63, 3.8) is 0 Å². The van der Waals surface area contributed by atoms with E-state index in [1.807, 2.05) is 44.2 Å². The monoisotopic (exact) mass is 426 g/mol. The largest absolute Gasteiger partial charge is 0.325 e. The van der Waals surface area contributed by atoms with Crippen LogP contribution in [-0.2, 0) is 14.8 Å².